The number of esters is 2. The number of halogens is 2. The number of rotatable bonds is 5. The van der Waals surface area contributed by atoms with Gasteiger partial charge in [-0.1, -0.05) is 30.3 Å². The fourth-order valence-electron chi connectivity index (χ4n) is 3.69. The molecule has 0 radical (unpaired) electrons. The number of carbonyl (C=O) groups excluding carboxylic acids is 2. The van der Waals surface area contributed by atoms with Crippen LogP contribution < -0.4 is 10.6 Å². The van der Waals surface area contributed by atoms with Gasteiger partial charge in [0.1, 0.15) is 17.1 Å². The van der Waals surface area contributed by atoms with Gasteiger partial charge in [0.25, 0.3) is 0 Å². The fraction of sp³-hybridized carbons (Fsp3) is 0.130. The van der Waals surface area contributed by atoms with Crippen LogP contribution in [0.2, 0.25) is 0 Å². The molecule has 2 aromatic rings. The van der Waals surface area contributed by atoms with Crippen LogP contribution >= 0.6 is 15.9 Å². The van der Waals surface area contributed by atoms with Crippen LogP contribution in [0.5, 0.6) is 0 Å². The predicted octanol–water partition coefficient (Wildman–Crippen LogP) is 3.18. The van der Waals surface area contributed by atoms with E-state index in [0.717, 1.165) is 19.1 Å². The third kappa shape index (κ3) is 3.99. The highest BCUT2D eigenvalue weighted by Crippen LogP contribution is 2.44. The number of hydrogen-bond acceptors (Lipinski definition) is 8. The summed E-state index contributed by atoms with van der Waals surface area (Å²) in [6, 6.07) is 12.6. The number of methoxy groups -OCH3 is 2. The van der Waals surface area contributed by atoms with Crippen LogP contribution in [0.25, 0.3) is 0 Å². The Morgan fingerprint density at radius 3 is 2.26 bits per heavy atom. The van der Waals surface area contributed by atoms with E-state index in [1.807, 2.05) is 6.07 Å². The van der Waals surface area contributed by atoms with Gasteiger partial charge in [0.2, 0.25) is 0 Å². The minimum absolute atomic E-state index is 0.160. The molecule has 174 valence electrons. The molecule has 0 amide bonds. The average Bonchev–Trinajstić information content (AvgIpc) is 2.84. The van der Waals surface area contributed by atoms with Gasteiger partial charge in [-0.3, -0.25) is 4.90 Å². The number of carboxylic acids is 1. The van der Waals surface area contributed by atoms with Crippen LogP contribution in [-0.4, -0.2) is 37.2 Å². The predicted molar refractivity (Wildman–Crippen MR) is 121 cm³/mol. The number of nitrogens with zero attached hydrogens (tertiary/aromatic N) is 2. The number of anilines is 1. The topological polar surface area (TPSA) is 143 Å². The first-order valence-corrected chi connectivity index (χ1v) is 10.4. The molecular weight excluding hydrogens is 513 g/mol. The minimum Gasteiger partial charge on any atom is -0.478 e. The molecule has 11 heteroatoms. The summed E-state index contributed by atoms with van der Waals surface area (Å²) in [5.41, 5.74) is 4.47. The van der Waals surface area contributed by atoms with Crippen molar-refractivity contribution < 1.29 is 33.4 Å². The lowest BCUT2D eigenvalue weighted by molar-refractivity contribution is -0.139. The van der Waals surface area contributed by atoms with Gasteiger partial charge in [-0.05, 0) is 33.6 Å². The molecule has 1 aliphatic heterocycles. The molecule has 0 saturated carbocycles. The van der Waals surface area contributed by atoms with Crippen molar-refractivity contribution in [2.45, 2.75) is 5.92 Å². The number of benzene rings is 2. The monoisotopic (exact) mass is 529 g/mol. The molecule has 1 aliphatic rings. The van der Waals surface area contributed by atoms with Crippen molar-refractivity contribution in [1.29, 1.82) is 5.26 Å². The second-order valence-electron chi connectivity index (χ2n) is 6.90. The highest BCUT2D eigenvalue weighted by atomic mass is 79.9. The Morgan fingerprint density at radius 1 is 1.12 bits per heavy atom. The second kappa shape index (κ2) is 9.76. The maximum atomic E-state index is 14.8. The molecule has 0 saturated heterocycles. The number of ether oxygens (including phenoxy) is 2. The summed E-state index contributed by atoms with van der Waals surface area (Å²) in [5.74, 6) is -6.42. The van der Waals surface area contributed by atoms with E-state index in [-0.39, 0.29) is 21.4 Å². The quantitative estimate of drug-likeness (QED) is 0.557. The standard InChI is InChI=1S/C23H17BrFN3O6/c1-33-22(31)17-15(11-6-4-3-5-7-11)12(10-26)20(27)28(19(17)23(32)34-2)14-9-8-13(24)18(25)16(14)21(29)30/h3-9,15H,27H2,1-2H3,(H,29,30). The van der Waals surface area contributed by atoms with Crippen LogP contribution in [0, 0.1) is 17.1 Å². The molecule has 1 heterocycles. The van der Waals surface area contributed by atoms with Crippen molar-refractivity contribution in [3.05, 3.63) is 86.5 Å². The van der Waals surface area contributed by atoms with Gasteiger partial charge in [0, 0.05) is 0 Å². The summed E-state index contributed by atoms with van der Waals surface area (Å²) in [4.78, 5) is 38.8. The van der Waals surface area contributed by atoms with E-state index in [0.29, 0.717) is 5.56 Å². The van der Waals surface area contributed by atoms with Gasteiger partial charge in [0.05, 0.1) is 47.5 Å². The Morgan fingerprint density at radius 2 is 1.74 bits per heavy atom. The SMILES string of the molecule is COC(=O)C1=C(C(=O)OC)N(c2ccc(Br)c(F)c2C(=O)O)C(N)=C(C#N)C1c1ccccc1. The van der Waals surface area contributed by atoms with Crippen LogP contribution in [0.15, 0.2) is 69.6 Å². The van der Waals surface area contributed by atoms with Crippen LogP contribution in [-0.2, 0) is 19.1 Å². The molecule has 1 atom stereocenters. The second-order valence-corrected chi connectivity index (χ2v) is 7.75. The van der Waals surface area contributed by atoms with Crippen LogP contribution in [0.3, 0.4) is 0 Å². The van der Waals surface area contributed by atoms with E-state index >= 15 is 0 Å². The maximum absolute atomic E-state index is 14.8. The van der Waals surface area contributed by atoms with Crippen molar-refractivity contribution in [2.75, 3.05) is 19.1 Å². The molecule has 2 aromatic carbocycles. The zero-order valence-corrected chi connectivity index (χ0v) is 19.4. The van der Waals surface area contributed by atoms with E-state index in [2.05, 4.69) is 15.9 Å². The maximum Gasteiger partial charge on any atom is 0.355 e. The lowest BCUT2D eigenvalue weighted by Crippen LogP contribution is -2.41. The summed E-state index contributed by atoms with van der Waals surface area (Å²) in [6.07, 6.45) is 0. The van der Waals surface area contributed by atoms with Crippen molar-refractivity contribution in [3.63, 3.8) is 0 Å². The van der Waals surface area contributed by atoms with Gasteiger partial charge in [-0.25, -0.2) is 18.8 Å². The smallest absolute Gasteiger partial charge is 0.355 e. The molecule has 3 rings (SSSR count). The molecule has 3 N–H and O–H groups in total. The molecule has 0 bridgehead atoms. The highest BCUT2D eigenvalue weighted by Gasteiger charge is 2.44. The largest absolute Gasteiger partial charge is 0.478 e. The highest BCUT2D eigenvalue weighted by molar-refractivity contribution is 9.10. The van der Waals surface area contributed by atoms with Crippen LogP contribution in [0.4, 0.5) is 10.1 Å². The molecular formula is C23H17BrFN3O6. The number of nitrogens with two attached hydrogens (primary N) is 1. The molecule has 1 unspecified atom stereocenters. The first-order chi connectivity index (χ1) is 16.2. The van der Waals surface area contributed by atoms with E-state index in [1.54, 1.807) is 30.3 Å². The number of carbonyl (C=O) groups is 3. The molecule has 0 aromatic heterocycles. The summed E-state index contributed by atoms with van der Waals surface area (Å²) >= 11 is 2.93. The Hall–Kier alpha value is -4.17. The van der Waals surface area contributed by atoms with E-state index in [9.17, 15) is 29.1 Å². The number of aromatic carboxylic acids is 1. The van der Waals surface area contributed by atoms with E-state index in [4.69, 9.17) is 15.2 Å². The fourth-order valence-corrected chi connectivity index (χ4v) is 4.02. The van der Waals surface area contributed by atoms with Crippen molar-refractivity contribution in [2.24, 2.45) is 5.73 Å². The Kier molecular flexibility index (Phi) is 7.03. The third-order valence-corrected chi connectivity index (χ3v) is 5.75. The van der Waals surface area contributed by atoms with Crippen molar-refractivity contribution >= 4 is 39.5 Å². The first kappa shape index (κ1) is 24.5. The molecule has 0 aliphatic carbocycles. The summed E-state index contributed by atoms with van der Waals surface area (Å²) in [7, 11) is 2.12. The van der Waals surface area contributed by atoms with Crippen molar-refractivity contribution in [1.82, 2.24) is 0 Å². The summed E-state index contributed by atoms with van der Waals surface area (Å²) in [5, 5.41) is 19.7. The lowest BCUT2D eigenvalue weighted by Gasteiger charge is -2.36. The summed E-state index contributed by atoms with van der Waals surface area (Å²) < 4.78 is 24.4. The van der Waals surface area contributed by atoms with Gasteiger partial charge in [-0.15, -0.1) is 0 Å². The van der Waals surface area contributed by atoms with Gasteiger partial charge in [-0.2, -0.15) is 5.26 Å². The summed E-state index contributed by atoms with van der Waals surface area (Å²) in [6.45, 7) is 0. The average molecular weight is 530 g/mol. The zero-order valence-electron chi connectivity index (χ0n) is 17.8. The molecule has 0 fully saturated rings. The minimum atomic E-state index is -1.67. The number of hydrogen-bond donors (Lipinski definition) is 2. The number of allylic oxidation sites excluding steroid dienone is 1. The first-order valence-electron chi connectivity index (χ1n) is 9.56. The Balaban J connectivity index is 2.51. The van der Waals surface area contributed by atoms with Gasteiger partial charge in [0.15, 0.2) is 5.82 Å². The van der Waals surface area contributed by atoms with Gasteiger partial charge < -0.3 is 20.3 Å². The number of nitriles is 1. The van der Waals surface area contributed by atoms with E-state index in [1.165, 1.54) is 12.1 Å². The molecule has 0 spiro atoms. The normalized spacial score (nSPS) is 15.6. The number of carboxylic acid groups (broad SMARTS) is 1. The van der Waals surface area contributed by atoms with Crippen LogP contribution in [0.1, 0.15) is 21.8 Å². The van der Waals surface area contributed by atoms with Gasteiger partial charge >= 0.3 is 17.9 Å². The Labute approximate surface area is 201 Å². The molecule has 9 nitrogen and oxygen atoms in total. The Bertz CT molecular complexity index is 1300. The third-order valence-electron chi connectivity index (χ3n) is 5.14. The lowest BCUT2D eigenvalue weighted by atomic mass is 9.80. The van der Waals surface area contributed by atoms with E-state index < -0.39 is 46.6 Å². The molecule has 34 heavy (non-hydrogen) atoms. The zero-order chi connectivity index (χ0) is 25.2. The van der Waals surface area contributed by atoms with Crippen molar-refractivity contribution in [3.8, 4) is 6.07 Å².